The van der Waals surface area contributed by atoms with Gasteiger partial charge in [-0.25, -0.2) is 8.78 Å². The molecule has 1 aromatic carbocycles. The van der Waals surface area contributed by atoms with Crippen molar-refractivity contribution in [2.24, 2.45) is 5.92 Å². The Morgan fingerprint density at radius 2 is 2.23 bits per heavy atom. The van der Waals surface area contributed by atoms with E-state index in [-0.39, 0.29) is 30.5 Å². The molecule has 0 radical (unpaired) electrons. The highest BCUT2D eigenvalue weighted by Crippen LogP contribution is 2.34. The number of hydrogen-bond acceptors (Lipinski definition) is 6. The Morgan fingerprint density at radius 1 is 1.40 bits per heavy atom. The summed E-state index contributed by atoms with van der Waals surface area (Å²) >= 11 is 0. The van der Waals surface area contributed by atoms with Crippen LogP contribution in [0.4, 0.5) is 8.78 Å². The van der Waals surface area contributed by atoms with E-state index in [1.54, 1.807) is 0 Å². The van der Waals surface area contributed by atoms with E-state index >= 15 is 0 Å². The lowest BCUT2D eigenvalue weighted by Crippen LogP contribution is -2.48. The van der Waals surface area contributed by atoms with Crippen LogP contribution in [-0.2, 0) is 16.1 Å². The fraction of sp³-hybridized carbons (Fsp3) is 0.667. The number of rotatable bonds is 6. The molecule has 0 spiro atoms. The molecule has 9 heteroatoms. The number of likely N-dealkylation sites (tertiary alicyclic amines) is 1. The van der Waals surface area contributed by atoms with Crippen LogP contribution < -0.4 is 16.1 Å². The van der Waals surface area contributed by atoms with E-state index in [2.05, 4.69) is 27.9 Å². The summed E-state index contributed by atoms with van der Waals surface area (Å²) < 4.78 is 25.6. The lowest BCUT2D eigenvalue weighted by Gasteiger charge is -2.37. The molecule has 0 aromatic heterocycles. The van der Waals surface area contributed by atoms with Gasteiger partial charge in [0.05, 0.1) is 12.6 Å². The summed E-state index contributed by atoms with van der Waals surface area (Å²) in [7, 11) is 0. The molecule has 30 heavy (non-hydrogen) atoms. The topological polar surface area (TPSA) is 85.9 Å². The predicted octanol–water partition coefficient (Wildman–Crippen LogP) is 1.60. The third kappa shape index (κ3) is 4.36. The molecule has 2 aliphatic heterocycles. The molecule has 1 aromatic rings. The summed E-state index contributed by atoms with van der Waals surface area (Å²) in [5.41, 5.74) is 5.66. The van der Waals surface area contributed by atoms with Crippen LogP contribution in [0.25, 0.3) is 0 Å². The minimum absolute atomic E-state index is 0.0344. The largest absolute Gasteiger partial charge is 0.395 e. The van der Waals surface area contributed by atoms with Gasteiger partial charge in [0.25, 0.3) is 6.43 Å². The van der Waals surface area contributed by atoms with Gasteiger partial charge < -0.3 is 10.4 Å². The van der Waals surface area contributed by atoms with E-state index in [4.69, 9.17) is 4.84 Å². The summed E-state index contributed by atoms with van der Waals surface area (Å²) in [6, 6.07) is 5.85. The van der Waals surface area contributed by atoms with Crippen LogP contribution in [0, 0.1) is 5.92 Å². The van der Waals surface area contributed by atoms with E-state index in [1.165, 1.54) is 0 Å². The van der Waals surface area contributed by atoms with E-state index in [1.807, 2.05) is 18.2 Å². The summed E-state index contributed by atoms with van der Waals surface area (Å²) in [4.78, 5) is 20.0. The summed E-state index contributed by atoms with van der Waals surface area (Å²) in [6.45, 7) is 3.86. The van der Waals surface area contributed by atoms with E-state index < -0.39 is 18.8 Å². The fourth-order valence-corrected chi connectivity index (χ4v) is 4.86. The standard InChI is InChI=1S/C21H30F2N4O3/c1-2-27-8-7-14(10-15(27)11-28)20(29)24-17-6-4-12-9-13(3-5-16(12)17)19-25-21(18(22)23)30-26-19/h3,5,9,14-15,17-19,21,25-26,28H,2,4,6-8,10-11H2,1H3,(H,24,29)/t14?,15?,17-,19?,21?/m1/s1. The number of fused-ring (bicyclic) bond motifs is 1. The molecule has 0 bridgehead atoms. The molecule has 4 N–H and O–H groups in total. The first kappa shape index (κ1) is 21.6. The van der Waals surface area contributed by atoms with Crippen LogP contribution in [0.3, 0.4) is 0 Å². The Balaban J connectivity index is 1.37. The van der Waals surface area contributed by atoms with E-state index in [0.717, 1.165) is 49.0 Å². The number of halogens is 2. The number of amides is 1. The lowest BCUT2D eigenvalue weighted by atomic mass is 9.90. The maximum absolute atomic E-state index is 12.9. The molecule has 1 aliphatic carbocycles. The summed E-state index contributed by atoms with van der Waals surface area (Å²) in [6.07, 6.45) is -1.28. The Kier molecular flexibility index (Phi) is 6.64. The highest BCUT2D eigenvalue weighted by atomic mass is 19.3. The zero-order chi connectivity index (χ0) is 21.3. The number of aliphatic hydroxyl groups is 1. The minimum Gasteiger partial charge on any atom is -0.395 e. The van der Waals surface area contributed by atoms with Crippen LogP contribution in [-0.4, -0.2) is 54.3 Å². The fourth-order valence-electron chi connectivity index (χ4n) is 4.86. The van der Waals surface area contributed by atoms with Crippen LogP contribution in [0.15, 0.2) is 18.2 Å². The molecule has 0 saturated carbocycles. The van der Waals surface area contributed by atoms with Gasteiger partial charge in [0.1, 0.15) is 6.17 Å². The molecule has 2 fully saturated rings. The van der Waals surface area contributed by atoms with Crippen molar-refractivity contribution in [1.29, 1.82) is 0 Å². The van der Waals surface area contributed by atoms with Crippen molar-refractivity contribution in [3.8, 4) is 0 Å². The number of hydrogen-bond donors (Lipinski definition) is 4. The van der Waals surface area contributed by atoms with Crippen molar-refractivity contribution in [3.63, 3.8) is 0 Å². The SMILES string of the molecule is CCN1CCC(C(=O)N[C@@H]2CCc3cc(C4NOC(C(F)F)N4)ccc32)CC1CO. The van der Waals surface area contributed by atoms with Crippen LogP contribution in [0.1, 0.15) is 55.1 Å². The van der Waals surface area contributed by atoms with Gasteiger partial charge in [-0.15, -0.1) is 0 Å². The lowest BCUT2D eigenvalue weighted by molar-refractivity contribution is -0.128. The molecule has 2 heterocycles. The first-order valence-electron chi connectivity index (χ1n) is 10.7. The Morgan fingerprint density at radius 3 is 2.93 bits per heavy atom. The highest BCUT2D eigenvalue weighted by molar-refractivity contribution is 5.79. The zero-order valence-corrected chi connectivity index (χ0v) is 17.1. The number of carbonyl (C=O) groups excluding carboxylic acids is 1. The Hall–Kier alpha value is -1.65. The Labute approximate surface area is 175 Å². The number of piperidine rings is 1. The molecule has 166 valence electrons. The number of benzene rings is 1. The van der Waals surface area contributed by atoms with Gasteiger partial charge in [-0.2, -0.15) is 5.48 Å². The van der Waals surface area contributed by atoms with Crippen LogP contribution >= 0.6 is 0 Å². The van der Waals surface area contributed by atoms with Gasteiger partial charge in [0.15, 0.2) is 6.23 Å². The van der Waals surface area contributed by atoms with Crippen molar-refractivity contribution >= 4 is 5.91 Å². The van der Waals surface area contributed by atoms with Gasteiger partial charge >= 0.3 is 0 Å². The number of nitrogens with one attached hydrogen (secondary N) is 3. The second-order valence-corrected chi connectivity index (χ2v) is 8.33. The average Bonchev–Trinajstić information content (AvgIpc) is 3.40. The van der Waals surface area contributed by atoms with Gasteiger partial charge in [-0.05, 0) is 55.5 Å². The molecule has 5 atom stereocenters. The molecule has 1 amide bonds. The Bertz CT molecular complexity index is 766. The van der Waals surface area contributed by atoms with Crippen molar-refractivity contribution in [2.75, 3.05) is 19.7 Å². The maximum Gasteiger partial charge on any atom is 0.279 e. The van der Waals surface area contributed by atoms with Gasteiger partial charge in [0, 0.05) is 12.0 Å². The van der Waals surface area contributed by atoms with Gasteiger partial charge in [0.2, 0.25) is 5.91 Å². The second kappa shape index (κ2) is 9.23. The number of aliphatic hydroxyl groups excluding tert-OH is 1. The van der Waals surface area contributed by atoms with Gasteiger partial charge in [-0.1, -0.05) is 25.1 Å². The monoisotopic (exact) mass is 424 g/mol. The third-order valence-electron chi connectivity index (χ3n) is 6.59. The van der Waals surface area contributed by atoms with Crippen molar-refractivity contribution in [1.82, 2.24) is 21.0 Å². The highest BCUT2D eigenvalue weighted by Gasteiger charge is 2.35. The van der Waals surface area contributed by atoms with Crippen LogP contribution in [0.2, 0.25) is 0 Å². The molecular weight excluding hydrogens is 394 g/mol. The third-order valence-corrected chi connectivity index (χ3v) is 6.59. The average molecular weight is 424 g/mol. The quantitative estimate of drug-likeness (QED) is 0.555. The van der Waals surface area contributed by atoms with Crippen molar-refractivity contribution in [2.45, 2.75) is 63.5 Å². The molecule has 4 rings (SSSR count). The number of hydroxylamine groups is 1. The molecule has 3 aliphatic rings. The normalized spacial score (nSPS) is 31.8. The van der Waals surface area contributed by atoms with E-state index in [9.17, 15) is 18.7 Å². The molecule has 4 unspecified atom stereocenters. The molecule has 2 saturated heterocycles. The predicted molar refractivity (Wildman–Crippen MR) is 106 cm³/mol. The number of alkyl halides is 2. The first-order chi connectivity index (χ1) is 14.5. The second-order valence-electron chi connectivity index (χ2n) is 8.33. The summed E-state index contributed by atoms with van der Waals surface area (Å²) in [5.74, 6) is -0.0259. The maximum atomic E-state index is 12.9. The first-order valence-corrected chi connectivity index (χ1v) is 10.7. The van der Waals surface area contributed by atoms with E-state index in [0.29, 0.717) is 6.42 Å². The smallest absolute Gasteiger partial charge is 0.279 e. The number of aryl methyl sites for hydroxylation is 1. The number of carbonyl (C=O) groups is 1. The molecular formula is C21H30F2N4O3. The number of likely N-dealkylation sites (N-methyl/N-ethyl adjacent to an activating group) is 1. The van der Waals surface area contributed by atoms with Crippen molar-refractivity contribution < 1.29 is 23.5 Å². The van der Waals surface area contributed by atoms with Gasteiger partial charge in [-0.3, -0.25) is 19.8 Å². The van der Waals surface area contributed by atoms with Crippen LogP contribution in [0.5, 0.6) is 0 Å². The minimum atomic E-state index is -2.61. The summed E-state index contributed by atoms with van der Waals surface area (Å²) in [5, 5.41) is 15.6. The number of nitrogens with zero attached hydrogens (tertiary/aromatic N) is 1. The van der Waals surface area contributed by atoms with Crippen molar-refractivity contribution in [3.05, 3.63) is 34.9 Å². The molecule has 7 nitrogen and oxygen atoms in total. The zero-order valence-electron chi connectivity index (χ0n) is 17.1.